The Morgan fingerprint density at radius 1 is 0.875 bits per heavy atom. The minimum atomic E-state index is -0.331. The minimum absolute atomic E-state index is 0.224. The predicted molar refractivity (Wildman–Crippen MR) is 95.8 cm³/mol. The molecule has 5 heteroatoms. The van der Waals surface area contributed by atoms with Gasteiger partial charge in [-0.3, -0.25) is 20.4 Å². The van der Waals surface area contributed by atoms with Crippen molar-refractivity contribution in [3.63, 3.8) is 0 Å². The standard InChI is InChI=1S/C19H23N3O2/c1-3-22(4-2)17-12-10-16(11-13-17)19(24)21-20-18(23)14-15-8-6-5-7-9-15/h5-13H,3-4,14H2,1-2H3,(H,20,23)(H,21,24). The van der Waals surface area contributed by atoms with Crippen LogP contribution in [0.2, 0.25) is 0 Å². The Morgan fingerprint density at radius 3 is 2.08 bits per heavy atom. The van der Waals surface area contributed by atoms with Crippen LogP contribution in [0.5, 0.6) is 0 Å². The summed E-state index contributed by atoms with van der Waals surface area (Å²) in [7, 11) is 0. The summed E-state index contributed by atoms with van der Waals surface area (Å²) in [6.45, 7) is 6.01. The molecule has 0 aliphatic heterocycles. The van der Waals surface area contributed by atoms with Crippen molar-refractivity contribution in [2.45, 2.75) is 20.3 Å². The highest BCUT2D eigenvalue weighted by Crippen LogP contribution is 2.14. The van der Waals surface area contributed by atoms with Crippen LogP contribution in [0.15, 0.2) is 54.6 Å². The summed E-state index contributed by atoms with van der Waals surface area (Å²) in [6, 6.07) is 16.7. The van der Waals surface area contributed by atoms with Crippen LogP contribution in [0.1, 0.15) is 29.8 Å². The lowest BCUT2D eigenvalue weighted by molar-refractivity contribution is -0.121. The molecule has 0 aromatic heterocycles. The lowest BCUT2D eigenvalue weighted by Gasteiger charge is -2.21. The number of carbonyl (C=O) groups is 2. The Kier molecular flexibility index (Phi) is 6.37. The molecule has 0 unspecified atom stereocenters. The maximum absolute atomic E-state index is 12.1. The van der Waals surface area contributed by atoms with Crippen LogP contribution in [0.4, 0.5) is 5.69 Å². The molecule has 0 atom stereocenters. The molecule has 2 aromatic carbocycles. The molecule has 0 aliphatic rings. The molecule has 0 radical (unpaired) electrons. The molecular weight excluding hydrogens is 302 g/mol. The number of anilines is 1. The second-order valence-corrected chi connectivity index (χ2v) is 5.38. The van der Waals surface area contributed by atoms with E-state index in [0.29, 0.717) is 5.56 Å². The number of nitrogens with one attached hydrogen (secondary N) is 2. The number of nitrogens with zero attached hydrogens (tertiary/aromatic N) is 1. The van der Waals surface area contributed by atoms with Crippen LogP contribution in [0.25, 0.3) is 0 Å². The maximum Gasteiger partial charge on any atom is 0.269 e. The van der Waals surface area contributed by atoms with Gasteiger partial charge in [-0.15, -0.1) is 0 Å². The van der Waals surface area contributed by atoms with Crippen molar-refractivity contribution in [2.24, 2.45) is 0 Å². The first-order valence-corrected chi connectivity index (χ1v) is 8.12. The largest absolute Gasteiger partial charge is 0.372 e. The third kappa shape index (κ3) is 4.84. The van der Waals surface area contributed by atoms with Gasteiger partial charge in [0.1, 0.15) is 0 Å². The van der Waals surface area contributed by atoms with Crippen molar-refractivity contribution in [3.05, 3.63) is 65.7 Å². The van der Waals surface area contributed by atoms with Gasteiger partial charge in [-0.25, -0.2) is 0 Å². The first-order chi connectivity index (χ1) is 11.6. The summed E-state index contributed by atoms with van der Waals surface area (Å²) in [5.41, 5.74) is 7.36. The molecule has 126 valence electrons. The van der Waals surface area contributed by atoms with Crippen LogP contribution in [0, 0.1) is 0 Å². The number of hydrazine groups is 1. The normalized spacial score (nSPS) is 10.1. The molecule has 0 aliphatic carbocycles. The number of benzene rings is 2. The third-order valence-corrected chi connectivity index (χ3v) is 3.78. The Balaban J connectivity index is 1.87. The molecule has 5 nitrogen and oxygen atoms in total. The number of hydrogen-bond acceptors (Lipinski definition) is 3. The van der Waals surface area contributed by atoms with E-state index in [0.717, 1.165) is 24.3 Å². The van der Waals surface area contributed by atoms with Crippen molar-refractivity contribution in [1.82, 2.24) is 10.9 Å². The second kappa shape index (κ2) is 8.72. The fourth-order valence-electron chi connectivity index (χ4n) is 2.44. The molecule has 2 aromatic rings. The fraction of sp³-hybridized carbons (Fsp3) is 0.263. The molecule has 2 amide bonds. The van der Waals surface area contributed by atoms with Gasteiger partial charge in [0.05, 0.1) is 6.42 Å². The van der Waals surface area contributed by atoms with Crippen molar-refractivity contribution < 1.29 is 9.59 Å². The number of amides is 2. The van der Waals surface area contributed by atoms with Crippen molar-refractivity contribution >= 4 is 17.5 Å². The van der Waals surface area contributed by atoms with Gasteiger partial charge in [0.2, 0.25) is 5.91 Å². The molecule has 2 N–H and O–H groups in total. The molecule has 24 heavy (non-hydrogen) atoms. The Morgan fingerprint density at radius 2 is 1.50 bits per heavy atom. The van der Waals surface area contributed by atoms with E-state index in [9.17, 15) is 9.59 Å². The zero-order chi connectivity index (χ0) is 17.4. The summed E-state index contributed by atoms with van der Waals surface area (Å²) in [6.07, 6.45) is 0.224. The highest BCUT2D eigenvalue weighted by molar-refractivity contribution is 5.95. The van der Waals surface area contributed by atoms with Crippen LogP contribution in [-0.4, -0.2) is 24.9 Å². The summed E-state index contributed by atoms with van der Waals surface area (Å²) in [5.74, 6) is -0.586. The van der Waals surface area contributed by atoms with Gasteiger partial charge >= 0.3 is 0 Å². The number of carbonyl (C=O) groups excluding carboxylic acids is 2. The molecule has 0 heterocycles. The van der Waals surface area contributed by atoms with Gasteiger partial charge < -0.3 is 4.90 Å². The minimum Gasteiger partial charge on any atom is -0.372 e. The Hall–Kier alpha value is -2.82. The van der Waals surface area contributed by atoms with E-state index in [-0.39, 0.29) is 18.2 Å². The molecule has 0 spiro atoms. The van der Waals surface area contributed by atoms with Crippen molar-refractivity contribution in [3.8, 4) is 0 Å². The van der Waals surface area contributed by atoms with E-state index >= 15 is 0 Å². The van der Waals surface area contributed by atoms with E-state index in [1.165, 1.54) is 0 Å². The zero-order valence-corrected chi connectivity index (χ0v) is 14.1. The number of rotatable bonds is 6. The van der Waals surface area contributed by atoms with E-state index in [4.69, 9.17) is 0 Å². The fourth-order valence-corrected chi connectivity index (χ4v) is 2.44. The van der Waals surface area contributed by atoms with Gasteiger partial charge in [-0.1, -0.05) is 30.3 Å². The van der Waals surface area contributed by atoms with Crippen molar-refractivity contribution in [1.29, 1.82) is 0 Å². The maximum atomic E-state index is 12.1. The lowest BCUT2D eigenvalue weighted by Crippen LogP contribution is -2.42. The molecule has 0 fully saturated rings. The SMILES string of the molecule is CCN(CC)c1ccc(C(=O)NNC(=O)Cc2ccccc2)cc1. The highest BCUT2D eigenvalue weighted by Gasteiger charge is 2.09. The molecule has 0 saturated heterocycles. The Bertz CT molecular complexity index is 665. The van der Waals surface area contributed by atoms with Crippen LogP contribution in [-0.2, 0) is 11.2 Å². The summed E-state index contributed by atoms with van der Waals surface area (Å²) < 4.78 is 0. The average Bonchev–Trinajstić information content (AvgIpc) is 2.62. The number of hydrogen-bond donors (Lipinski definition) is 2. The molecule has 0 saturated carbocycles. The first kappa shape index (κ1) is 17.5. The topological polar surface area (TPSA) is 61.4 Å². The van der Waals surface area contributed by atoms with E-state index < -0.39 is 0 Å². The third-order valence-electron chi connectivity index (χ3n) is 3.78. The average molecular weight is 325 g/mol. The van der Waals surface area contributed by atoms with Gasteiger partial charge in [0.15, 0.2) is 0 Å². The lowest BCUT2D eigenvalue weighted by atomic mass is 10.1. The molecule has 0 bridgehead atoms. The summed E-state index contributed by atoms with van der Waals surface area (Å²) >= 11 is 0. The zero-order valence-electron chi connectivity index (χ0n) is 14.1. The molecule has 2 rings (SSSR count). The van der Waals surface area contributed by atoms with Gasteiger partial charge in [0.25, 0.3) is 5.91 Å². The first-order valence-electron chi connectivity index (χ1n) is 8.12. The highest BCUT2D eigenvalue weighted by atomic mass is 16.2. The van der Waals surface area contributed by atoms with Gasteiger partial charge in [-0.2, -0.15) is 0 Å². The van der Waals surface area contributed by atoms with Crippen LogP contribution < -0.4 is 15.8 Å². The van der Waals surface area contributed by atoms with E-state index in [2.05, 4.69) is 29.6 Å². The summed E-state index contributed by atoms with van der Waals surface area (Å²) in [5, 5.41) is 0. The second-order valence-electron chi connectivity index (χ2n) is 5.38. The Labute approximate surface area is 142 Å². The predicted octanol–water partition coefficient (Wildman–Crippen LogP) is 2.54. The van der Waals surface area contributed by atoms with E-state index in [1.54, 1.807) is 12.1 Å². The van der Waals surface area contributed by atoms with Crippen molar-refractivity contribution in [2.75, 3.05) is 18.0 Å². The van der Waals surface area contributed by atoms with Crippen LogP contribution in [0.3, 0.4) is 0 Å². The van der Waals surface area contributed by atoms with E-state index in [1.807, 2.05) is 42.5 Å². The smallest absolute Gasteiger partial charge is 0.269 e. The molecular formula is C19H23N3O2. The van der Waals surface area contributed by atoms with Crippen LogP contribution >= 0.6 is 0 Å². The van der Waals surface area contributed by atoms with Gasteiger partial charge in [-0.05, 0) is 43.7 Å². The quantitative estimate of drug-likeness (QED) is 0.802. The van der Waals surface area contributed by atoms with Gasteiger partial charge in [0, 0.05) is 24.3 Å². The summed E-state index contributed by atoms with van der Waals surface area (Å²) in [4.78, 5) is 26.1. The monoisotopic (exact) mass is 325 g/mol.